The molecule has 0 spiro atoms. The third-order valence-electron chi connectivity index (χ3n) is 10.9. The maximum atomic E-state index is 13.7. The number of carboxylic acid groups (broad SMARTS) is 1. The van der Waals surface area contributed by atoms with E-state index in [-0.39, 0.29) is 35.6 Å². The predicted molar refractivity (Wildman–Crippen MR) is 258 cm³/mol. The number of fused-ring (bicyclic) bond motifs is 2. The second-order valence-electron chi connectivity index (χ2n) is 16.9. The van der Waals surface area contributed by atoms with Gasteiger partial charge in [-0.25, -0.2) is 18.5 Å². The molecule has 2 aromatic carbocycles. The lowest BCUT2D eigenvalue weighted by Crippen LogP contribution is -2.36. The Hall–Kier alpha value is -4.22. The Bertz CT molecular complexity index is 3120. The van der Waals surface area contributed by atoms with Crippen molar-refractivity contribution < 1.29 is 75.0 Å². The Labute approximate surface area is 408 Å². The molecule has 6 rings (SSSR count). The van der Waals surface area contributed by atoms with Crippen molar-refractivity contribution in [2.45, 2.75) is 90.9 Å². The van der Waals surface area contributed by atoms with Gasteiger partial charge >= 0.3 is 29.2 Å². The van der Waals surface area contributed by atoms with E-state index in [0.29, 0.717) is 40.0 Å². The second-order valence-corrected chi connectivity index (χ2v) is 24.2. The van der Waals surface area contributed by atoms with Gasteiger partial charge < -0.3 is 48.7 Å². The highest BCUT2D eigenvalue weighted by Crippen LogP contribution is 2.66. The fourth-order valence-electron chi connectivity index (χ4n) is 7.66. The Morgan fingerprint density at radius 2 is 1.70 bits per heavy atom. The van der Waals surface area contributed by atoms with E-state index in [1.54, 1.807) is 12.1 Å². The minimum absolute atomic E-state index is 0.0744. The molecule has 1 saturated heterocycles. The Kier molecular flexibility index (Phi) is 17.5. The van der Waals surface area contributed by atoms with E-state index in [2.05, 4.69) is 30.8 Å². The number of H-pyrrole nitrogens is 1. The van der Waals surface area contributed by atoms with Gasteiger partial charge in [0, 0.05) is 69.7 Å². The van der Waals surface area contributed by atoms with Crippen LogP contribution in [0.25, 0.3) is 33.4 Å². The van der Waals surface area contributed by atoms with Crippen LogP contribution in [0.5, 0.6) is 0 Å². The van der Waals surface area contributed by atoms with Gasteiger partial charge in [0.2, 0.25) is 0 Å². The van der Waals surface area contributed by atoms with E-state index in [1.165, 1.54) is 40.8 Å². The number of amides is 1. The highest BCUT2D eigenvalue weighted by Gasteiger charge is 2.44. The van der Waals surface area contributed by atoms with Crippen molar-refractivity contribution in [2.24, 2.45) is 4.99 Å². The number of hydrogen-bond donors (Lipinski definition) is 6. The molecule has 70 heavy (non-hydrogen) atoms. The Balaban J connectivity index is 1.15. The second kappa shape index (κ2) is 22.3. The lowest BCUT2D eigenvalue weighted by Gasteiger charge is -2.25. The van der Waals surface area contributed by atoms with Crippen LogP contribution in [0.3, 0.4) is 0 Å². The first-order valence-corrected chi connectivity index (χ1v) is 28.4. The third kappa shape index (κ3) is 13.8. The first-order valence-electron chi connectivity index (χ1n) is 21.5. The van der Waals surface area contributed by atoms with Gasteiger partial charge in [-0.2, -0.15) is 8.62 Å². The van der Waals surface area contributed by atoms with Gasteiger partial charge in [-0.3, -0.25) is 28.7 Å². The van der Waals surface area contributed by atoms with Gasteiger partial charge in [0.05, 0.1) is 24.0 Å². The Morgan fingerprint density at radius 1 is 0.971 bits per heavy atom. The molecular weight excluding hydrogens is 1020 g/mol. The maximum Gasteiger partial charge on any atom is 0.490 e. The van der Waals surface area contributed by atoms with Crippen LogP contribution >= 0.6 is 45.1 Å². The lowest BCUT2D eigenvalue weighted by atomic mass is 9.88. The summed E-state index contributed by atoms with van der Waals surface area (Å²) in [6.07, 6.45) is -0.468. The van der Waals surface area contributed by atoms with Gasteiger partial charge in [-0.1, -0.05) is 41.0 Å². The lowest BCUT2D eigenvalue weighted by molar-refractivity contribution is -0.255. The highest BCUT2D eigenvalue weighted by atomic mass is 33.1. The molecule has 3 aliphatic rings. The summed E-state index contributed by atoms with van der Waals surface area (Å²) in [4.78, 5) is 95.3. The fraction of sp³-hybridized carbons (Fsp3) is 0.419. The van der Waals surface area contributed by atoms with Crippen LogP contribution in [0.1, 0.15) is 89.7 Å². The van der Waals surface area contributed by atoms with Crippen molar-refractivity contribution in [3.8, 4) is 22.5 Å². The molecule has 1 amide bonds. The summed E-state index contributed by atoms with van der Waals surface area (Å²) in [6.45, 7) is 12.8. The summed E-state index contributed by atoms with van der Waals surface area (Å²) in [7, 11) is -14.5. The van der Waals surface area contributed by atoms with Gasteiger partial charge in [0.1, 0.15) is 29.6 Å². The molecule has 1 fully saturated rings. The summed E-state index contributed by atoms with van der Waals surface area (Å²) >= 11 is 0. The number of aromatic nitrogens is 2. The number of nitrogens with zero attached hydrogens (tertiary/aromatic N) is 2. The smallest absolute Gasteiger partial charge is 0.490 e. The number of carbonyl (C=O) groups excluding carboxylic acids is 2. The van der Waals surface area contributed by atoms with Crippen LogP contribution in [0.4, 0.5) is 0 Å². The molecule has 3 heterocycles. The molecule has 1 aromatic heterocycles. The number of nitrogens with one attached hydrogen (secondary N) is 2. The topological polar surface area (TPSA) is 328 Å². The van der Waals surface area contributed by atoms with E-state index in [0.717, 1.165) is 39.5 Å². The fourth-order valence-corrected chi connectivity index (χ4v) is 12.9. The molecule has 27 heteroatoms. The summed E-state index contributed by atoms with van der Waals surface area (Å²) in [5.74, 6) is -1.59. The van der Waals surface area contributed by atoms with Crippen LogP contribution in [0.15, 0.2) is 67.7 Å². The van der Waals surface area contributed by atoms with Crippen molar-refractivity contribution in [1.82, 2.24) is 14.9 Å². The number of rotatable bonds is 21. The van der Waals surface area contributed by atoms with Crippen molar-refractivity contribution in [2.75, 3.05) is 25.6 Å². The van der Waals surface area contributed by atoms with Crippen LogP contribution in [-0.2, 0) is 42.7 Å². The van der Waals surface area contributed by atoms with E-state index in [9.17, 15) is 47.8 Å². The van der Waals surface area contributed by atoms with E-state index >= 15 is 0 Å². The van der Waals surface area contributed by atoms with E-state index in [4.69, 9.17) is 28.2 Å². The number of benzene rings is 3. The number of carbonyl (C=O) groups is 2. The minimum Gasteiger partial charge on any atom is -0.545 e. The average molecular weight is 1070 g/mol. The molecule has 3 unspecified atom stereocenters. The van der Waals surface area contributed by atoms with Crippen LogP contribution in [0, 0.1) is 20.8 Å². The number of carboxylic acids is 1. The molecule has 380 valence electrons. The van der Waals surface area contributed by atoms with Crippen LogP contribution in [-0.4, -0.2) is 83.6 Å². The minimum atomic E-state index is -5.82. The van der Waals surface area contributed by atoms with Crippen molar-refractivity contribution >= 4 is 67.9 Å². The number of hydrogen-bond acceptors (Lipinski definition) is 17. The predicted octanol–water partition coefficient (Wildman–Crippen LogP) is 5.78. The highest BCUT2D eigenvalue weighted by molar-refractivity contribution is 8.77. The van der Waals surface area contributed by atoms with Gasteiger partial charge in [-0.15, -0.1) is 0 Å². The van der Waals surface area contributed by atoms with Crippen molar-refractivity contribution in [3.05, 3.63) is 108 Å². The van der Waals surface area contributed by atoms with Crippen LogP contribution < -0.4 is 27.0 Å². The first-order chi connectivity index (χ1) is 32.7. The molecule has 5 atom stereocenters. The summed E-state index contributed by atoms with van der Waals surface area (Å²) in [5, 5.41) is 17.2. The molecule has 0 radical (unpaired) electrons. The molecule has 22 nitrogen and oxygen atoms in total. The maximum absolute atomic E-state index is 13.7. The normalized spacial score (nSPS) is 18.6. The number of phosphoric acid groups is 3. The number of ether oxygens (including phenoxy) is 2. The zero-order chi connectivity index (χ0) is 51.5. The SMILES string of the molecule is CCCc1cc2oc3cc(=NCC)c(C)cc-3c(-c3ccc(C(=O)NCC(C)(C)SSCOC4C[C@H](n5cc(C)c(=O)[nH]c5=O)O[C@@H]4COP(=O)(O)OP(=O)(O)OP(=O)(O)O)cc3C(=O)[O-])c2cc1C. The van der Waals surface area contributed by atoms with Gasteiger partial charge in [-0.05, 0) is 101 Å². The zero-order valence-corrected chi connectivity index (χ0v) is 43.2. The number of aryl methyl sites for hydroxylation is 4. The molecule has 0 bridgehead atoms. The third-order valence-corrected chi connectivity index (χ3v) is 17.6. The Morgan fingerprint density at radius 3 is 2.37 bits per heavy atom. The number of phosphoric ester groups is 1. The van der Waals surface area contributed by atoms with Crippen molar-refractivity contribution in [3.63, 3.8) is 0 Å². The molecule has 2 aliphatic heterocycles. The van der Waals surface area contributed by atoms with E-state index < -0.39 is 76.4 Å². The standard InChI is InChI=1S/C43H53N4O18P3S2/c1-8-10-26-16-33-30(13-23(26)3)38(31-14-24(4)32(44-9-2)17-34(31)62-33)28-12-11-27(15-29(28)41(50)51)40(49)45-21-43(6,7)70-69-22-60-35-18-37(47-19-25(5)39(48)46-42(47)52)63-36(35)20-61-67(56,57)65-68(58,59)64-66(53,54)55/h11-17,19,35-37H,8-10,18,20-22H2,1-7H3,(H,45,49)(H,50,51)(H,56,57)(H,58,59)(H,46,48,52)(H2,53,54,55)/p-1/t35?,36-,37-/m1/s1. The molecular formula is C43H52N4O18P3S2-. The van der Waals surface area contributed by atoms with Crippen molar-refractivity contribution in [1.29, 1.82) is 0 Å². The number of aromatic amines is 1. The van der Waals surface area contributed by atoms with E-state index in [1.807, 2.05) is 58.9 Å². The largest absolute Gasteiger partial charge is 0.545 e. The van der Waals surface area contributed by atoms with Gasteiger partial charge in [0.25, 0.3) is 11.5 Å². The summed E-state index contributed by atoms with van der Waals surface area (Å²) in [5.41, 5.74) is 3.73. The molecule has 6 N–H and O–H groups in total. The van der Waals surface area contributed by atoms with Crippen LogP contribution in [0.2, 0.25) is 0 Å². The monoisotopic (exact) mass is 1070 g/mol. The molecule has 0 saturated carbocycles. The van der Waals surface area contributed by atoms with Gasteiger partial charge in [0.15, 0.2) is 0 Å². The summed E-state index contributed by atoms with van der Waals surface area (Å²) in [6, 6.07) is 12.2. The zero-order valence-electron chi connectivity index (χ0n) is 38.9. The number of aromatic carboxylic acids is 1. The molecule has 1 aliphatic carbocycles. The average Bonchev–Trinajstić information content (AvgIpc) is 3.66. The quantitative estimate of drug-likeness (QED) is 0.0167. The molecule has 3 aromatic rings. The summed E-state index contributed by atoms with van der Waals surface area (Å²) < 4.78 is 66.5. The first kappa shape index (κ1) is 55.1.